The maximum absolute atomic E-state index is 4.77. The maximum atomic E-state index is 4.77. The Kier molecular flexibility index (Phi) is 3.64. The van der Waals surface area contributed by atoms with Gasteiger partial charge in [0.2, 0.25) is 5.95 Å². The van der Waals surface area contributed by atoms with E-state index in [1.54, 1.807) is 12.4 Å². The molecule has 3 aromatic rings. The van der Waals surface area contributed by atoms with Crippen molar-refractivity contribution < 1.29 is 0 Å². The van der Waals surface area contributed by atoms with Crippen molar-refractivity contribution in [1.82, 2.24) is 19.5 Å². The molecule has 1 aromatic carbocycles. The smallest absolute Gasteiger partial charge is 0.227 e. The molecule has 0 saturated heterocycles. The second-order valence-electron chi connectivity index (χ2n) is 6.30. The van der Waals surface area contributed by atoms with Crippen LogP contribution in [0.2, 0.25) is 0 Å². The van der Waals surface area contributed by atoms with Crippen molar-refractivity contribution >= 4 is 38.6 Å². The number of imidazole rings is 1. The first-order valence-corrected chi connectivity index (χ1v) is 7.85. The van der Waals surface area contributed by atoms with Crippen LogP contribution in [0.3, 0.4) is 0 Å². The lowest BCUT2D eigenvalue weighted by Gasteiger charge is -2.17. The number of rotatable bonds is 2. The standard InChI is InChI=1S/C16H18BrN5/c1-16(2,3)14-21-12-7-11(5-6-13(12)22(14)4)20-15-18-8-10(17)9-19-15/h5-9H,1-4H3,(H,18,19,20). The highest BCUT2D eigenvalue weighted by Crippen LogP contribution is 2.27. The molecule has 0 amide bonds. The topological polar surface area (TPSA) is 55.6 Å². The van der Waals surface area contributed by atoms with E-state index in [0.29, 0.717) is 5.95 Å². The first-order valence-electron chi connectivity index (χ1n) is 7.06. The first-order chi connectivity index (χ1) is 10.3. The Morgan fingerprint density at radius 2 is 1.82 bits per heavy atom. The number of anilines is 2. The normalized spacial score (nSPS) is 11.9. The van der Waals surface area contributed by atoms with Crippen LogP contribution in [-0.2, 0) is 12.5 Å². The summed E-state index contributed by atoms with van der Waals surface area (Å²) >= 11 is 3.33. The first kappa shape index (κ1) is 15.0. The van der Waals surface area contributed by atoms with Gasteiger partial charge in [0.1, 0.15) is 5.82 Å². The Balaban J connectivity index is 1.98. The van der Waals surface area contributed by atoms with Gasteiger partial charge in [-0.15, -0.1) is 0 Å². The molecule has 2 aromatic heterocycles. The van der Waals surface area contributed by atoms with Crippen molar-refractivity contribution in [3.05, 3.63) is 40.9 Å². The third-order valence-electron chi connectivity index (χ3n) is 3.43. The Bertz CT molecular complexity index is 815. The van der Waals surface area contributed by atoms with Crippen molar-refractivity contribution in [2.45, 2.75) is 26.2 Å². The minimum Gasteiger partial charge on any atom is -0.331 e. The summed E-state index contributed by atoms with van der Waals surface area (Å²) < 4.78 is 3.00. The van der Waals surface area contributed by atoms with Crippen molar-refractivity contribution in [2.24, 2.45) is 7.05 Å². The van der Waals surface area contributed by atoms with Crippen molar-refractivity contribution in [3.63, 3.8) is 0 Å². The van der Waals surface area contributed by atoms with Gasteiger partial charge in [0.05, 0.1) is 15.5 Å². The minimum absolute atomic E-state index is 0.0101. The molecule has 1 N–H and O–H groups in total. The zero-order valence-electron chi connectivity index (χ0n) is 13.1. The molecule has 0 spiro atoms. The number of hydrogen-bond acceptors (Lipinski definition) is 4. The second-order valence-corrected chi connectivity index (χ2v) is 7.21. The van der Waals surface area contributed by atoms with Crippen LogP contribution in [-0.4, -0.2) is 19.5 Å². The van der Waals surface area contributed by atoms with E-state index in [9.17, 15) is 0 Å². The van der Waals surface area contributed by atoms with Crippen LogP contribution < -0.4 is 5.32 Å². The van der Waals surface area contributed by atoms with Crippen LogP contribution in [0.4, 0.5) is 11.6 Å². The zero-order valence-corrected chi connectivity index (χ0v) is 14.6. The highest BCUT2D eigenvalue weighted by atomic mass is 79.9. The van der Waals surface area contributed by atoms with Crippen LogP contribution in [0, 0.1) is 0 Å². The van der Waals surface area contributed by atoms with Crippen LogP contribution in [0.1, 0.15) is 26.6 Å². The Hall–Kier alpha value is -1.95. The van der Waals surface area contributed by atoms with Crippen LogP contribution in [0.15, 0.2) is 35.1 Å². The molecular weight excluding hydrogens is 342 g/mol. The van der Waals surface area contributed by atoms with Crippen molar-refractivity contribution in [1.29, 1.82) is 0 Å². The van der Waals surface area contributed by atoms with E-state index in [4.69, 9.17) is 4.98 Å². The molecule has 3 rings (SSSR count). The molecule has 6 heteroatoms. The third-order valence-corrected chi connectivity index (χ3v) is 3.84. The van der Waals surface area contributed by atoms with E-state index in [1.807, 2.05) is 12.1 Å². The van der Waals surface area contributed by atoms with Crippen LogP contribution >= 0.6 is 15.9 Å². The van der Waals surface area contributed by atoms with E-state index in [2.05, 4.69) is 69.7 Å². The lowest BCUT2D eigenvalue weighted by atomic mass is 9.96. The molecule has 0 fully saturated rings. The van der Waals surface area contributed by atoms with E-state index >= 15 is 0 Å². The van der Waals surface area contributed by atoms with Crippen molar-refractivity contribution in [2.75, 3.05) is 5.32 Å². The summed E-state index contributed by atoms with van der Waals surface area (Å²) in [7, 11) is 2.06. The number of fused-ring (bicyclic) bond motifs is 1. The molecule has 2 heterocycles. The molecule has 0 unspecified atom stereocenters. The average Bonchev–Trinajstić information content (AvgIpc) is 2.78. The fraction of sp³-hybridized carbons (Fsp3) is 0.312. The second kappa shape index (κ2) is 5.35. The lowest BCUT2D eigenvalue weighted by Crippen LogP contribution is -2.17. The van der Waals surface area contributed by atoms with Gasteiger partial charge < -0.3 is 9.88 Å². The number of nitrogens with zero attached hydrogens (tertiary/aromatic N) is 4. The molecule has 0 atom stereocenters. The van der Waals surface area contributed by atoms with Gasteiger partial charge in [-0.3, -0.25) is 0 Å². The van der Waals surface area contributed by atoms with Crippen LogP contribution in [0.5, 0.6) is 0 Å². The summed E-state index contributed by atoms with van der Waals surface area (Å²) in [6, 6.07) is 6.11. The number of halogens is 1. The van der Waals surface area contributed by atoms with Gasteiger partial charge in [0.25, 0.3) is 0 Å². The number of nitrogens with one attached hydrogen (secondary N) is 1. The molecule has 114 valence electrons. The fourth-order valence-electron chi connectivity index (χ4n) is 2.45. The van der Waals surface area contributed by atoms with E-state index in [0.717, 1.165) is 27.0 Å². The summed E-state index contributed by atoms with van der Waals surface area (Å²) in [5, 5.41) is 3.20. The van der Waals surface area contributed by atoms with Crippen molar-refractivity contribution in [3.8, 4) is 0 Å². The van der Waals surface area contributed by atoms with Gasteiger partial charge in [0.15, 0.2) is 0 Å². The molecule has 0 aliphatic heterocycles. The van der Waals surface area contributed by atoms with Gasteiger partial charge in [-0.05, 0) is 34.1 Å². The Morgan fingerprint density at radius 3 is 2.45 bits per heavy atom. The van der Waals surface area contributed by atoms with Gasteiger partial charge >= 0.3 is 0 Å². The summed E-state index contributed by atoms with van der Waals surface area (Å²) in [6.45, 7) is 6.51. The number of aromatic nitrogens is 4. The predicted molar refractivity (Wildman–Crippen MR) is 92.4 cm³/mol. The molecule has 5 nitrogen and oxygen atoms in total. The molecule has 0 aliphatic carbocycles. The van der Waals surface area contributed by atoms with E-state index in [-0.39, 0.29) is 5.41 Å². The minimum atomic E-state index is 0.0101. The SMILES string of the molecule is Cn1c(C(C)(C)C)nc2cc(Nc3ncc(Br)cn3)ccc21. The Morgan fingerprint density at radius 1 is 1.14 bits per heavy atom. The highest BCUT2D eigenvalue weighted by Gasteiger charge is 2.21. The zero-order chi connectivity index (χ0) is 15.9. The fourth-order valence-corrected chi connectivity index (χ4v) is 2.66. The highest BCUT2D eigenvalue weighted by molar-refractivity contribution is 9.10. The third kappa shape index (κ3) is 2.83. The predicted octanol–water partition coefficient (Wildman–Crippen LogP) is 4.17. The molecular formula is C16H18BrN5. The quantitative estimate of drug-likeness (QED) is 0.745. The number of benzene rings is 1. The molecule has 0 saturated carbocycles. The van der Waals surface area contributed by atoms with Gasteiger partial charge in [-0.2, -0.15) is 0 Å². The summed E-state index contributed by atoms with van der Waals surface area (Å²) in [5.41, 5.74) is 3.02. The lowest BCUT2D eigenvalue weighted by molar-refractivity contribution is 0.526. The summed E-state index contributed by atoms with van der Waals surface area (Å²) in [5.74, 6) is 1.63. The molecule has 22 heavy (non-hydrogen) atoms. The van der Waals surface area contributed by atoms with E-state index in [1.165, 1.54) is 0 Å². The van der Waals surface area contributed by atoms with Gasteiger partial charge in [0, 0.05) is 30.5 Å². The summed E-state index contributed by atoms with van der Waals surface area (Å²) in [4.78, 5) is 13.2. The molecule has 0 bridgehead atoms. The van der Waals surface area contributed by atoms with Gasteiger partial charge in [-0.1, -0.05) is 20.8 Å². The van der Waals surface area contributed by atoms with E-state index < -0.39 is 0 Å². The van der Waals surface area contributed by atoms with Crippen LogP contribution in [0.25, 0.3) is 11.0 Å². The number of aryl methyl sites for hydroxylation is 1. The molecule has 0 aliphatic rings. The Labute approximate surface area is 137 Å². The largest absolute Gasteiger partial charge is 0.331 e. The number of hydrogen-bond donors (Lipinski definition) is 1. The summed E-state index contributed by atoms with van der Waals surface area (Å²) in [6.07, 6.45) is 3.43. The average molecular weight is 360 g/mol. The van der Waals surface area contributed by atoms with Gasteiger partial charge in [-0.25, -0.2) is 15.0 Å². The molecule has 0 radical (unpaired) electrons. The maximum Gasteiger partial charge on any atom is 0.227 e. The monoisotopic (exact) mass is 359 g/mol.